The number of aliphatic hydroxyl groups excluding tert-OH is 1. The van der Waals surface area contributed by atoms with Crippen LogP contribution in [0.1, 0.15) is 40.3 Å². The minimum atomic E-state index is -0.737. The number of urea groups is 1. The fraction of sp³-hybridized carbons (Fsp3) is 0.462. The molecule has 0 radical (unpaired) electrons. The molecule has 0 aliphatic heterocycles. The molecule has 0 aromatic carbocycles. The van der Waals surface area contributed by atoms with Crippen molar-refractivity contribution in [2.24, 2.45) is 0 Å². The summed E-state index contributed by atoms with van der Waals surface area (Å²) < 4.78 is 4.82. The molecule has 8 heteroatoms. The van der Waals surface area contributed by atoms with Crippen LogP contribution in [0.15, 0.2) is 0 Å². The van der Waals surface area contributed by atoms with Crippen LogP contribution in [-0.4, -0.2) is 41.7 Å². The van der Waals surface area contributed by atoms with Crippen molar-refractivity contribution in [2.75, 3.05) is 13.7 Å². The molecule has 0 unspecified atom stereocenters. The number of carbonyl (C=O) groups is 3. The van der Waals surface area contributed by atoms with Crippen molar-refractivity contribution in [3.05, 3.63) is 22.5 Å². The van der Waals surface area contributed by atoms with E-state index in [9.17, 15) is 19.5 Å². The lowest BCUT2D eigenvalue weighted by Gasteiger charge is -2.06. The highest BCUT2D eigenvalue weighted by atomic mass is 16.5. The molecule has 8 nitrogen and oxygen atoms in total. The molecule has 0 spiro atoms. The number of imide groups is 1. The third-order valence-electron chi connectivity index (χ3n) is 2.93. The number of H-pyrrole nitrogens is 1. The van der Waals surface area contributed by atoms with E-state index in [4.69, 9.17) is 4.74 Å². The van der Waals surface area contributed by atoms with E-state index in [1.807, 2.05) is 5.32 Å². The molecule has 1 atom stereocenters. The molecule has 116 valence electrons. The normalized spacial score (nSPS) is 11.7. The molecule has 1 aromatic rings. The second-order valence-corrected chi connectivity index (χ2v) is 4.54. The maximum absolute atomic E-state index is 11.9. The Bertz CT molecular complexity index is 562. The molecule has 0 saturated heterocycles. The average Bonchev–Trinajstić information content (AvgIpc) is 2.71. The second kappa shape index (κ2) is 6.89. The van der Waals surface area contributed by atoms with Gasteiger partial charge in [0, 0.05) is 18.3 Å². The first-order valence-corrected chi connectivity index (χ1v) is 6.33. The fourth-order valence-electron chi connectivity index (χ4n) is 2.02. The fourth-order valence-corrected chi connectivity index (χ4v) is 2.02. The number of aromatic amines is 1. The van der Waals surface area contributed by atoms with Crippen LogP contribution in [0.3, 0.4) is 0 Å². The lowest BCUT2D eigenvalue weighted by molar-refractivity contribution is -0.123. The first-order valence-electron chi connectivity index (χ1n) is 6.33. The maximum Gasteiger partial charge on any atom is 0.355 e. The minimum absolute atomic E-state index is 0.177. The minimum Gasteiger partial charge on any atom is -0.451 e. The standard InChI is InChI=1S/C13H19N3O5/c1-6-10(8(3)17)7(2)15-11(6)12(19)21-5-9(18)16-13(20)14-4/h8,15,17H,5H2,1-4H3,(H2,14,16,18,20)/t8-/m1/s1. The van der Waals surface area contributed by atoms with Gasteiger partial charge in [-0.3, -0.25) is 10.1 Å². The van der Waals surface area contributed by atoms with Crippen molar-refractivity contribution in [3.63, 3.8) is 0 Å². The molecule has 1 heterocycles. The summed E-state index contributed by atoms with van der Waals surface area (Å²) in [6.07, 6.45) is -0.723. The molecule has 4 N–H and O–H groups in total. The highest BCUT2D eigenvalue weighted by Crippen LogP contribution is 2.24. The summed E-state index contributed by atoms with van der Waals surface area (Å²) in [5.74, 6) is -1.46. The zero-order chi connectivity index (χ0) is 16.2. The molecule has 1 rings (SSSR count). The quantitative estimate of drug-likeness (QED) is 0.596. The van der Waals surface area contributed by atoms with Gasteiger partial charge in [0.05, 0.1) is 6.10 Å². The monoisotopic (exact) mass is 297 g/mol. The van der Waals surface area contributed by atoms with E-state index in [1.165, 1.54) is 7.05 Å². The number of amides is 3. The van der Waals surface area contributed by atoms with Crippen molar-refractivity contribution in [3.8, 4) is 0 Å². The van der Waals surface area contributed by atoms with E-state index in [2.05, 4.69) is 10.3 Å². The molecule has 3 amide bonds. The summed E-state index contributed by atoms with van der Waals surface area (Å²) in [5.41, 5.74) is 2.02. The van der Waals surface area contributed by atoms with Crippen LogP contribution in [0, 0.1) is 13.8 Å². The van der Waals surface area contributed by atoms with Gasteiger partial charge < -0.3 is 20.1 Å². The summed E-state index contributed by atoms with van der Waals surface area (Å²) in [6, 6.07) is -0.681. The zero-order valence-electron chi connectivity index (χ0n) is 12.4. The molecular weight excluding hydrogens is 278 g/mol. The van der Waals surface area contributed by atoms with Gasteiger partial charge in [0.25, 0.3) is 5.91 Å². The second-order valence-electron chi connectivity index (χ2n) is 4.54. The average molecular weight is 297 g/mol. The van der Waals surface area contributed by atoms with Crippen molar-refractivity contribution in [1.82, 2.24) is 15.6 Å². The van der Waals surface area contributed by atoms with Crippen LogP contribution in [0.5, 0.6) is 0 Å². The van der Waals surface area contributed by atoms with Gasteiger partial charge in [-0.25, -0.2) is 9.59 Å². The van der Waals surface area contributed by atoms with E-state index >= 15 is 0 Å². The number of aromatic nitrogens is 1. The molecule has 0 bridgehead atoms. The third kappa shape index (κ3) is 4.06. The topological polar surface area (TPSA) is 121 Å². The highest BCUT2D eigenvalue weighted by Gasteiger charge is 2.21. The Morgan fingerprint density at radius 2 is 1.95 bits per heavy atom. The van der Waals surface area contributed by atoms with E-state index in [0.29, 0.717) is 16.8 Å². The lowest BCUT2D eigenvalue weighted by Crippen LogP contribution is -2.39. The summed E-state index contributed by atoms with van der Waals surface area (Å²) in [6.45, 7) is 4.42. The Morgan fingerprint density at radius 1 is 1.33 bits per heavy atom. The number of aryl methyl sites for hydroxylation is 1. The number of nitrogens with one attached hydrogen (secondary N) is 3. The number of rotatable bonds is 4. The van der Waals surface area contributed by atoms with Gasteiger partial charge in [-0.05, 0) is 26.3 Å². The van der Waals surface area contributed by atoms with Crippen molar-refractivity contribution >= 4 is 17.9 Å². The van der Waals surface area contributed by atoms with E-state index in [1.54, 1.807) is 20.8 Å². The first-order chi connectivity index (χ1) is 9.77. The van der Waals surface area contributed by atoms with Crippen molar-refractivity contribution in [1.29, 1.82) is 0 Å². The molecule has 0 aliphatic carbocycles. The Kier molecular flexibility index (Phi) is 5.48. The smallest absolute Gasteiger partial charge is 0.355 e. The Balaban J connectivity index is 2.71. The molecular formula is C13H19N3O5. The highest BCUT2D eigenvalue weighted by molar-refractivity contribution is 5.97. The SMILES string of the molecule is CNC(=O)NC(=O)COC(=O)c1[nH]c(C)c([C@@H](C)O)c1C. The number of carbonyl (C=O) groups excluding carboxylic acids is 3. The molecule has 0 fully saturated rings. The van der Waals surface area contributed by atoms with Gasteiger partial charge >= 0.3 is 12.0 Å². The number of hydrogen-bond acceptors (Lipinski definition) is 5. The maximum atomic E-state index is 11.9. The van der Waals surface area contributed by atoms with Gasteiger partial charge in [0.1, 0.15) is 5.69 Å². The number of aliphatic hydroxyl groups is 1. The van der Waals surface area contributed by atoms with Crippen LogP contribution < -0.4 is 10.6 Å². The van der Waals surface area contributed by atoms with Gasteiger partial charge in [-0.15, -0.1) is 0 Å². The lowest BCUT2D eigenvalue weighted by atomic mass is 10.1. The van der Waals surface area contributed by atoms with Crippen LogP contribution in [0.2, 0.25) is 0 Å². The molecule has 0 saturated carbocycles. The summed E-state index contributed by atoms with van der Waals surface area (Å²) in [4.78, 5) is 36.9. The van der Waals surface area contributed by atoms with Crippen LogP contribution in [-0.2, 0) is 9.53 Å². The molecule has 21 heavy (non-hydrogen) atoms. The number of ether oxygens (including phenoxy) is 1. The number of esters is 1. The van der Waals surface area contributed by atoms with Crippen molar-refractivity contribution in [2.45, 2.75) is 26.9 Å². The van der Waals surface area contributed by atoms with Crippen LogP contribution in [0.25, 0.3) is 0 Å². The molecule has 0 aliphatic rings. The van der Waals surface area contributed by atoms with Gasteiger partial charge in [0.15, 0.2) is 6.61 Å². The van der Waals surface area contributed by atoms with Gasteiger partial charge in [-0.2, -0.15) is 0 Å². The predicted octanol–water partition coefficient (Wildman–Crippen LogP) is 0.297. The zero-order valence-corrected chi connectivity index (χ0v) is 12.4. The van der Waals surface area contributed by atoms with E-state index in [0.717, 1.165) is 0 Å². The Morgan fingerprint density at radius 3 is 2.43 bits per heavy atom. The number of hydrogen-bond donors (Lipinski definition) is 4. The van der Waals surface area contributed by atoms with Crippen molar-refractivity contribution < 1.29 is 24.2 Å². The van der Waals surface area contributed by atoms with Crippen LogP contribution in [0.4, 0.5) is 4.79 Å². The van der Waals surface area contributed by atoms with Crippen LogP contribution >= 0.6 is 0 Å². The first kappa shape index (κ1) is 16.7. The Labute approximate surface area is 121 Å². The summed E-state index contributed by atoms with van der Waals surface area (Å²) >= 11 is 0. The van der Waals surface area contributed by atoms with E-state index in [-0.39, 0.29) is 5.69 Å². The van der Waals surface area contributed by atoms with Gasteiger partial charge in [-0.1, -0.05) is 0 Å². The third-order valence-corrected chi connectivity index (χ3v) is 2.93. The largest absolute Gasteiger partial charge is 0.451 e. The predicted molar refractivity (Wildman–Crippen MR) is 73.8 cm³/mol. The summed E-state index contributed by atoms with van der Waals surface area (Å²) in [5, 5.41) is 13.8. The van der Waals surface area contributed by atoms with E-state index < -0.39 is 30.6 Å². The van der Waals surface area contributed by atoms with Gasteiger partial charge in [0.2, 0.25) is 0 Å². The Hall–Kier alpha value is -2.35. The summed E-state index contributed by atoms with van der Waals surface area (Å²) in [7, 11) is 1.36. The molecule has 1 aromatic heterocycles.